The molecule has 1 heterocycles. The summed E-state index contributed by atoms with van der Waals surface area (Å²) in [5.41, 5.74) is 1.56. The predicted molar refractivity (Wildman–Crippen MR) is 129 cm³/mol. The van der Waals surface area contributed by atoms with E-state index < -0.39 is 11.9 Å². The maximum atomic E-state index is 12.5. The molecule has 6 nitrogen and oxygen atoms in total. The van der Waals surface area contributed by atoms with E-state index in [9.17, 15) is 9.59 Å². The first kappa shape index (κ1) is 23.0. The van der Waals surface area contributed by atoms with E-state index in [0.29, 0.717) is 21.7 Å². The van der Waals surface area contributed by atoms with Crippen LogP contribution in [-0.2, 0) is 9.53 Å². The average molecular weight is 547 g/mol. The van der Waals surface area contributed by atoms with Crippen LogP contribution < -0.4 is 9.47 Å². The minimum absolute atomic E-state index is 0.0503. The SMILES string of the molecule is COc1cc(/C=C2\N=C(c3ccc(Br)cc3)OC2=O)cc(Cl)c1OC(=O)c1ccc(Cl)cc1. The number of cyclic esters (lactones) is 1. The molecule has 1 aliphatic heterocycles. The van der Waals surface area contributed by atoms with Crippen LogP contribution in [0, 0.1) is 0 Å². The molecule has 0 N–H and O–H groups in total. The zero-order valence-electron chi connectivity index (χ0n) is 17.0. The van der Waals surface area contributed by atoms with Crippen molar-refractivity contribution in [3.63, 3.8) is 0 Å². The minimum atomic E-state index is -0.624. The summed E-state index contributed by atoms with van der Waals surface area (Å²) in [7, 11) is 1.41. The molecule has 0 fully saturated rings. The molecule has 0 unspecified atom stereocenters. The van der Waals surface area contributed by atoms with Crippen LogP contribution in [-0.4, -0.2) is 24.9 Å². The summed E-state index contributed by atoms with van der Waals surface area (Å²) in [4.78, 5) is 29.1. The van der Waals surface area contributed by atoms with Crippen LogP contribution in [0.15, 0.2) is 75.8 Å². The predicted octanol–water partition coefficient (Wildman–Crippen LogP) is 6.33. The molecular formula is C24H14BrCl2NO5. The Hall–Kier alpha value is -3.13. The molecule has 0 atom stereocenters. The number of ether oxygens (including phenoxy) is 3. The summed E-state index contributed by atoms with van der Waals surface area (Å²) in [5.74, 6) is -0.762. The van der Waals surface area contributed by atoms with E-state index >= 15 is 0 Å². The Balaban J connectivity index is 1.61. The summed E-state index contributed by atoms with van der Waals surface area (Å²) in [5, 5.41) is 0.614. The highest BCUT2D eigenvalue weighted by Gasteiger charge is 2.25. The van der Waals surface area contributed by atoms with Crippen LogP contribution in [0.3, 0.4) is 0 Å². The van der Waals surface area contributed by atoms with Gasteiger partial charge in [-0.25, -0.2) is 14.6 Å². The molecule has 0 aromatic heterocycles. The third-order valence-electron chi connectivity index (χ3n) is 4.54. The molecule has 0 aliphatic carbocycles. The Bertz CT molecular complexity index is 1300. The number of carbonyl (C=O) groups is 2. The summed E-state index contributed by atoms with van der Waals surface area (Å²) in [6.45, 7) is 0. The van der Waals surface area contributed by atoms with Crippen molar-refractivity contribution in [2.24, 2.45) is 4.99 Å². The third-order valence-corrected chi connectivity index (χ3v) is 5.60. The number of benzene rings is 3. The maximum absolute atomic E-state index is 12.5. The molecule has 0 bridgehead atoms. The quantitative estimate of drug-likeness (QED) is 0.212. The lowest BCUT2D eigenvalue weighted by atomic mass is 10.1. The number of hydrogen-bond acceptors (Lipinski definition) is 6. The standard InChI is InChI=1S/C24H14BrCl2NO5/c1-31-20-12-13(10-18(27)21(20)32-23(29)15-4-8-17(26)9-5-15)11-19-24(30)33-22(28-19)14-2-6-16(25)7-3-14/h2-12H,1H3/b19-11-. The fraction of sp³-hybridized carbons (Fsp3) is 0.0417. The number of aliphatic imine (C=N–C) groups is 1. The molecular weight excluding hydrogens is 533 g/mol. The van der Waals surface area contributed by atoms with E-state index in [4.69, 9.17) is 37.4 Å². The fourth-order valence-electron chi connectivity index (χ4n) is 2.94. The molecule has 0 spiro atoms. The Morgan fingerprint density at radius 2 is 1.76 bits per heavy atom. The van der Waals surface area contributed by atoms with Crippen molar-refractivity contribution >= 4 is 63.0 Å². The van der Waals surface area contributed by atoms with Crippen molar-refractivity contribution in [2.75, 3.05) is 7.11 Å². The highest BCUT2D eigenvalue weighted by molar-refractivity contribution is 9.10. The van der Waals surface area contributed by atoms with Crippen LogP contribution in [0.2, 0.25) is 10.0 Å². The van der Waals surface area contributed by atoms with Crippen molar-refractivity contribution < 1.29 is 23.8 Å². The van der Waals surface area contributed by atoms with Gasteiger partial charge in [-0.2, -0.15) is 0 Å². The van der Waals surface area contributed by atoms with Crippen molar-refractivity contribution in [1.29, 1.82) is 0 Å². The number of halogens is 3. The summed E-state index contributed by atoms with van der Waals surface area (Å²) >= 11 is 15.6. The first-order valence-corrected chi connectivity index (χ1v) is 11.0. The van der Waals surface area contributed by atoms with Crippen LogP contribution in [0.5, 0.6) is 11.5 Å². The van der Waals surface area contributed by atoms with Gasteiger partial charge in [0.25, 0.3) is 0 Å². The third kappa shape index (κ3) is 5.27. The largest absolute Gasteiger partial charge is 0.493 e. The maximum Gasteiger partial charge on any atom is 0.363 e. The molecule has 9 heteroatoms. The molecule has 4 rings (SSSR count). The van der Waals surface area contributed by atoms with Gasteiger partial charge < -0.3 is 14.2 Å². The number of methoxy groups -OCH3 is 1. The normalized spacial score (nSPS) is 14.1. The van der Waals surface area contributed by atoms with E-state index in [1.54, 1.807) is 30.3 Å². The van der Waals surface area contributed by atoms with Gasteiger partial charge in [-0.05, 0) is 72.3 Å². The van der Waals surface area contributed by atoms with Gasteiger partial charge in [0.2, 0.25) is 5.90 Å². The molecule has 0 amide bonds. The summed E-state index contributed by atoms with van der Waals surface area (Å²) in [6.07, 6.45) is 1.51. The average Bonchev–Trinajstić information content (AvgIpc) is 3.16. The van der Waals surface area contributed by atoms with Crippen LogP contribution in [0.1, 0.15) is 21.5 Å². The summed E-state index contributed by atoms with van der Waals surface area (Å²) < 4.78 is 17.0. The molecule has 3 aromatic carbocycles. The molecule has 1 aliphatic rings. The topological polar surface area (TPSA) is 74.2 Å². The number of rotatable bonds is 5. The molecule has 0 saturated carbocycles. The van der Waals surface area contributed by atoms with Crippen LogP contribution >= 0.6 is 39.1 Å². The second-order valence-electron chi connectivity index (χ2n) is 6.77. The smallest absolute Gasteiger partial charge is 0.363 e. The van der Waals surface area contributed by atoms with Gasteiger partial charge in [-0.15, -0.1) is 0 Å². The van der Waals surface area contributed by atoms with Gasteiger partial charge in [0.15, 0.2) is 17.2 Å². The minimum Gasteiger partial charge on any atom is -0.493 e. The summed E-state index contributed by atoms with van der Waals surface area (Å²) in [6, 6.07) is 16.5. The highest BCUT2D eigenvalue weighted by Crippen LogP contribution is 2.38. The van der Waals surface area contributed by atoms with Crippen LogP contribution in [0.25, 0.3) is 6.08 Å². The number of hydrogen-bond donors (Lipinski definition) is 0. The van der Waals surface area contributed by atoms with Gasteiger partial charge in [0.1, 0.15) is 0 Å². The molecule has 0 radical (unpaired) electrons. The first-order valence-electron chi connectivity index (χ1n) is 9.48. The lowest BCUT2D eigenvalue weighted by Crippen LogP contribution is -2.09. The van der Waals surface area contributed by atoms with Crippen LogP contribution in [0.4, 0.5) is 0 Å². The van der Waals surface area contributed by atoms with E-state index in [-0.39, 0.29) is 28.1 Å². The van der Waals surface area contributed by atoms with E-state index in [2.05, 4.69) is 20.9 Å². The van der Waals surface area contributed by atoms with Crippen molar-refractivity contribution in [3.8, 4) is 11.5 Å². The lowest BCUT2D eigenvalue weighted by molar-refractivity contribution is -0.129. The second-order valence-corrected chi connectivity index (χ2v) is 8.53. The number of nitrogens with zero attached hydrogens (tertiary/aromatic N) is 1. The van der Waals surface area contributed by atoms with Gasteiger partial charge in [-0.1, -0.05) is 39.1 Å². The van der Waals surface area contributed by atoms with Crippen molar-refractivity contribution in [1.82, 2.24) is 0 Å². The van der Waals surface area contributed by atoms with Gasteiger partial charge in [0.05, 0.1) is 17.7 Å². The lowest BCUT2D eigenvalue weighted by Gasteiger charge is -2.12. The highest BCUT2D eigenvalue weighted by atomic mass is 79.9. The number of esters is 2. The number of carbonyl (C=O) groups excluding carboxylic acids is 2. The Morgan fingerprint density at radius 3 is 2.42 bits per heavy atom. The monoisotopic (exact) mass is 545 g/mol. The molecule has 3 aromatic rings. The zero-order valence-corrected chi connectivity index (χ0v) is 20.1. The molecule has 33 heavy (non-hydrogen) atoms. The van der Waals surface area contributed by atoms with Gasteiger partial charge in [0, 0.05) is 15.1 Å². The second kappa shape index (κ2) is 9.79. The van der Waals surface area contributed by atoms with Gasteiger partial charge >= 0.3 is 11.9 Å². The van der Waals surface area contributed by atoms with Crippen molar-refractivity contribution in [2.45, 2.75) is 0 Å². The fourth-order valence-corrected chi connectivity index (χ4v) is 3.59. The Morgan fingerprint density at radius 1 is 1.06 bits per heavy atom. The molecule has 166 valence electrons. The Kier molecular flexibility index (Phi) is 6.83. The first-order chi connectivity index (χ1) is 15.8. The van der Waals surface area contributed by atoms with Gasteiger partial charge in [-0.3, -0.25) is 0 Å². The van der Waals surface area contributed by atoms with E-state index in [1.165, 1.54) is 31.4 Å². The van der Waals surface area contributed by atoms with Crippen molar-refractivity contribution in [3.05, 3.63) is 97.6 Å². The van der Waals surface area contributed by atoms with E-state index in [0.717, 1.165) is 4.47 Å². The zero-order chi connectivity index (χ0) is 23.5. The van der Waals surface area contributed by atoms with E-state index in [1.807, 2.05) is 12.1 Å². The Labute approximate surface area is 207 Å². The molecule has 0 saturated heterocycles.